The van der Waals surface area contributed by atoms with Crippen molar-refractivity contribution in [2.24, 2.45) is 0 Å². The van der Waals surface area contributed by atoms with E-state index in [1.165, 1.54) is 0 Å². The van der Waals surface area contributed by atoms with Crippen LogP contribution in [-0.4, -0.2) is 20.6 Å². The summed E-state index contributed by atoms with van der Waals surface area (Å²) in [7, 11) is 0. The fourth-order valence-electron chi connectivity index (χ4n) is 3.05. The van der Waals surface area contributed by atoms with Gasteiger partial charge in [-0.25, -0.2) is 4.98 Å². The average molecular weight is 340 g/mol. The van der Waals surface area contributed by atoms with Crippen molar-refractivity contribution in [1.82, 2.24) is 9.55 Å². The van der Waals surface area contributed by atoms with Crippen molar-refractivity contribution in [3.63, 3.8) is 0 Å². The van der Waals surface area contributed by atoms with E-state index in [0.717, 1.165) is 16.9 Å². The Kier molecular flexibility index (Phi) is 3.50. The highest BCUT2D eigenvalue weighted by Gasteiger charge is 2.31. The smallest absolute Gasteiger partial charge is 0.226 e. The van der Waals surface area contributed by atoms with Crippen LogP contribution in [0.5, 0.6) is 5.75 Å². The van der Waals surface area contributed by atoms with Gasteiger partial charge in [-0.05, 0) is 29.8 Å². The second-order valence-electron chi connectivity index (χ2n) is 5.70. The van der Waals surface area contributed by atoms with Crippen molar-refractivity contribution >= 4 is 23.3 Å². The maximum absolute atomic E-state index is 12.2. The highest BCUT2D eigenvalue weighted by atomic mass is 35.5. The molecule has 1 atom stereocenters. The van der Waals surface area contributed by atoms with Crippen LogP contribution in [0.15, 0.2) is 54.9 Å². The third kappa shape index (κ3) is 2.43. The number of nitrogens with zero attached hydrogens (tertiary/aromatic N) is 2. The van der Waals surface area contributed by atoms with Gasteiger partial charge in [0.25, 0.3) is 0 Å². The summed E-state index contributed by atoms with van der Waals surface area (Å²) in [5, 5.41) is 13.2. The molecule has 24 heavy (non-hydrogen) atoms. The average Bonchev–Trinajstić information content (AvgIpc) is 2.98. The fourth-order valence-corrected chi connectivity index (χ4v) is 3.28. The number of phenolic OH excluding ortho intramolecular Hbond substituents is 1. The van der Waals surface area contributed by atoms with Gasteiger partial charge in [0.15, 0.2) is 0 Å². The van der Waals surface area contributed by atoms with Crippen molar-refractivity contribution in [3.05, 3.63) is 71.1 Å². The number of carbonyl (C=O) groups excluding carboxylic acids is 1. The maximum atomic E-state index is 12.2. The Hall–Kier alpha value is -2.79. The molecular formula is C18H14ClN3O2. The van der Waals surface area contributed by atoms with Gasteiger partial charge < -0.3 is 10.4 Å². The zero-order chi connectivity index (χ0) is 16.7. The third-order valence-corrected chi connectivity index (χ3v) is 4.48. The molecular weight excluding hydrogens is 326 g/mol. The van der Waals surface area contributed by atoms with Crippen LogP contribution in [0.25, 0.3) is 5.69 Å². The largest absolute Gasteiger partial charge is 0.508 e. The number of amides is 1. The molecule has 2 N–H and O–H groups in total. The van der Waals surface area contributed by atoms with Crippen LogP contribution in [0.3, 0.4) is 0 Å². The summed E-state index contributed by atoms with van der Waals surface area (Å²) in [6.07, 6.45) is 1.95. The summed E-state index contributed by atoms with van der Waals surface area (Å²) >= 11 is 6.27. The number of imidazole rings is 1. The van der Waals surface area contributed by atoms with Crippen LogP contribution in [0.4, 0.5) is 5.82 Å². The first kappa shape index (κ1) is 14.8. The minimum Gasteiger partial charge on any atom is -0.508 e. The highest BCUT2D eigenvalue weighted by Crippen LogP contribution is 2.38. The van der Waals surface area contributed by atoms with Crippen LogP contribution in [-0.2, 0) is 4.79 Å². The van der Waals surface area contributed by atoms with E-state index in [1.54, 1.807) is 35.2 Å². The molecule has 1 aromatic heterocycles. The Labute approximate surface area is 143 Å². The van der Waals surface area contributed by atoms with Gasteiger partial charge in [0, 0.05) is 12.3 Å². The molecule has 2 heterocycles. The molecule has 2 aromatic carbocycles. The number of phenols is 1. The molecule has 0 saturated heterocycles. The quantitative estimate of drug-likeness (QED) is 0.748. The number of aromatic hydroxyl groups is 1. The molecule has 1 amide bonds. The number of fused-ring (bicyclic) bond motifs is 1. The van der Waals surface area contributed by atoms with Gasteiger partial charge in [-0.3, -0.25) is 9.36 Å². The van der Waals surface area contributed by atoms with Crippen molar-refractivity contribution in [2.75, 3.05) is 5.32 Å². The van der Waals surface area contributed by atoms with Crippen molar-refractivity contribution in [3.8, 4) is 11.4 Å². The lowest BCUT2D eigenvalue weighted by Gasteiger charge is -2.23. The standard InChI is InChI=1S/C18H14ClN3O2/c19-14-6-1-2-7-15(14)22-10-20-17-13(9-16(24)21-18(17)22)11-4-3-5-12(23)8-11/h1-8,10,13,23H,9H2,(H,21,24)/t13-/m0/s1. The number of halogens is 1. The van der Waals surface area contributed by atoms with E-state index in [-0.39, 0.29) is 24.0 Å². The summed E-state index contributed by atoms with van der Waals surface area (Å²) in [5.41, 5.74) is 2.38. The fraction of sp³-hybridized carbons (Fsp3) is 0.111. The van der Waals surface area contributed by atoms with Gasteiger partial charge in [0.2, 0.25) is 5.91 Å². The van der Waals surface area contributed by atoms with E-state index in [1.807, 2.05) is 24.3 Å². The normalized spacial score (nSPS) is 16.5. The number of carbonyl (C=O) groups is 1. The highest BCUT2D eigenvalue weighted by molar-refractivity contribution is 6.32. The van der Waals surface area contributed by atoms with E-state index in [4.69, 9.17) is 11.6 Å². The zero-order valence-electron chi connectivity index (χ0n) is 12.6. The molecule has 120 valence electrons. The SMILES string of the molecule is O=C1C[C@@H](c2cccc(O)c2)c2ncn(-c3ccccc3Cl)c2N1. The predicted molar refractivity (Wildman–Crippen MR) is 91.8 cm³/mol. The van der Waals surface area contributed by atoms with Gasteiger partial charge in [-0.1, -0.05) is 35.9 Å². The molecule has 0 aliphatic carbocycles. The second-order valence-corrected chi connectivity index (χ2v) is 6.11. The molecule has 0 fully saturated rings. The molecule has 0 spiro atoms. The Morgan fingerprint density at radius 1 is 1.21 bits per heavy atom. The van der Waals surface area contributed by atoms with Gasteiger partial charge in [0.1, 0.15) is 17.9 Å². The first-order valence-corrected chi connectivity index (χ1v) is 7.92. The molecule has 6 heteroatoms. The molecule has 0 bridgehead atoms. The van der Waals surface area contributed by atoms with Crippen LogP contribution >= 0.6 is 11.6 Å². The Morgan fingerprint density at radius 2 is 2.04 bits per heavy atom. The van der Waals surface area contributed by atoms with E-state index in [0.29, 0.717) is 10.8 Å². The lowest BCUT2D eigenvalue weighted by molar-refractivity contribution is -0.116. The second kappa shape index (κ2) is 5.69. The summed E-state index contributed by atoms with van der Waals surface area (Å²) < 4.78 is 1.78. The number of benzene rings is 2. The van der Waals surface area contributed by atoms with Crippen molar-refractivity contribution in [2.45, 2.75) is 12.3 Å². The first-order valence-electron chi connectivity index (χ1n) is 7.54. The zero-order valence-corrected chi connectivity index (χ0v) is 13.4. The van der Waals surface area contributed by atoms with Crippen molar-refractivity contribution < 1.29 is 9.90 Å². The number of hydrogen-bond donors (Lipinski definition) is 2. The number of rotatable bonds is 2. The minimum atomic E-state index is -0.204. The van der Waals surface area contributed by atoms with Crippen LogP contribution in [0.1, 0.15) is 23.6 Å². The topological polar surface area (TPSA) is 67.1 Å². The summed E-state index contributed by atoms with van der Waals surface area (Å²) in [4.78, 5) is 16.7. The predicted octanol–water partition coefficient (Wildman–Crippen LogP) is 3.71. The van der Waals surface area contributed by atoms with Gasteiger partial charge >= 0.3 is 0 Å². The molecule has 0 saturated carbocycles. The van der Waals surface area contributed by atoms with Gasteiger partial charge in [0.05, 0.1) is 16.4 Å². The van der Waals surface area contributed by atoms with E-state index in [9.17, 15) is 9.90 Å². The molecule has 4 rings (SSSR count). The van der Waals surface area contributed by atoms with Crippen LogP contribution < -0.4 is 5.32 Å². The Bertz CT molecular complexity index is 936. The van der Waals surface area contributed by atoms with Crippen LogP contribution in [0.2, 0.25) is 5.02 Å². The molecule has 1 aliphatic heterocycles. The lowest BCUT2D eigenvalue weighted by atomic mass is 9.90. The maximum Gasteiger partial charge on any atom is 0.226 e. The molecule has 0 radical (unpaired) electrons. The Balaban J connectivity index is 1.85. The van der Waals surface area contributed by atoms with E-state index >= 15 is 0 Å². The third-order valence-electron chi connectivity index (χ3n) is 4.16. The van der Waals surface area contributed by atoms with E-state index < -0.39 is 0 Å². The van der Waals surface area contributed by atoms with E-state index in [2.05, 4.69) is 10.3 Å². The number of aromatic nitrogens is 2. The number of nitrogens with one attached hydrogen (secondary N) is 1. The summed E-state index contributed by atoms with van der Waals surface area (Å²) in [6, 6.07) is 14.3. The van der Waals surface area contributed by atoms with Gasteiger partial charge in [-0.2, -0.15) is 0 Å². The van der Waals surface area contributed by atoms with Crippen molar-refractivity contribution in [1.29, 1.82) is 0 Å². The molecule has 0 unspecified atom stereocenters. The lowest BCUT2D eigenvalue weighted by Crippen LogP contribution is -2.24. The Morgan fingerprint density at radius 3 is 2.83 bits per heavy atom. The number of anilines is 1. The summed E-state index contributed by atoms with van der Waals surface area (Å²) in [6.45, 7) is 0. The minimum absolute atomic E-state index is 0.0929. The number of hydrogen-bond acceptors (Lipinski definition) is 3. The summed E-state index contributed by atoms with van der Waals surface area (Å²) in [5.74, 6) is 0.493. The molecule has 5 nitrogen and oxygen atoms in total. The first-order chi connectivity index (χ1) is 11.6. The van der Waals surface area contributed by atoms with Crippen LogP contribution in [0, 0.1) is 0 Å². The van der Waals surface area contributed by atoms with Gasteiger partial charge in [-0.15, -0.1) is 0 Å². The molecule has 3 aromatic rings. The monoisotopic (exact) mass is 339 g/mol. The number of para-hydroxylation sites is 1. The molecule has 1 aliphatic rings.